The van der Waals surface area contributed by atoms with Crippen LogP contribution in [0.15, 0.2) is 199 Å². The lowest BCUT2D eigenvalue weighted by molar-refractivity contribution is -0.137. The number of furan rings is 1. The van der Waals surface area contributed by atoms with E-state index in [4.69, 9.17) is 14.4 Å². The van der Waals surface area contributed by atoms with Gasteiger partial charge in [-0.1, -0.05) is 122 Å². The number of benzene rings is 7. The van der Waals surface area contributed by atoms with Crippen LogP contribution in [-0.2, 0) is 12.6 Å². The van der Waals surface area contributed by atoms with Crippen LogP contribution in [0.25, 0.3) is 88.9 Å². The van der Waals surface area contributed by atoms with Gasteiger partial charge in [-0.2, -0.15) is 13.2 Å². The van der Waals surface area contributed by atoms with Crippen molar-refractivity contribution in [2.24, 2.45) is 0 Å². The summed E-state index contributed by atoms with van der Waals surface area (Å²) in [7, 11) is 0. The first kappa shape index (κ1) is 36.3. The first-order valence-corrected chi connectivity index (χ1v) is 20.0. The fraction of sp³-hybridized carbons (Fsp3) is 0.0370. The summed E-state index contributed by atoms with van der Waals surface area (Å²) in [5, 5.41) is 2.97. The van der Waals surface area contributed by atoms with E-state index in [9.17, 15) is 13.2 Å². The molecule has 7 aromatic carbocycles. The van der Waals surface area contributed by atoms with Gasteiger partial charge in [0.15, 0.2) is 5.82 Å². The number of hydrogen-bond donors (Lipinski definition) is 0. The SMILES string of the molecule is C=C1C=C(c2cc(-c3ccccc3)nc(-c3ccc(-c4ccccc4)cc3)n2)c2c(oc3ccc(-c4ccc5c(c4)c4ccccc4n5-c4ccc(C(F)(F)F)cc4)cc23)C1. The molecule has 0 aliphatic heterocycles. The van der Waals surface area contributed by atoms with E-state index in [1.807, 2.05) is 71.3 Å². The predicted octanol–water partition coefficient (Wildman–Crippen LogP) is 14.6. The Kier molecular flexibility index (Phi) is 8.46. The molecule has 0 saturated heterocycles. The normalized spacial score (nSPS) is 12.9. The first-order valence-electron chi connectivity index (χ1n) is 20.0. The van der Waals surface area contributed by atoms with Gasteiger partial charge in [0.2, 0.25) is 0 Å². The summed E-state index contributed by atoms with van der Waals surface area (Å²) >= 11 is 0. The van der Waals surface area contributed by atoms with Crippen LogP contribution in [0, 0.1) is 0 Å². The molecule has 0 N–H and O–H groups in total. The molecule has 0 spiro atoms. The third-order valence-corrected chi connectivity index (χ3v) is 11.5. The Morgan fingerprint density at radius 1 is 0.525 bits per heavy atom. The molecule has 1 aliphatic carbocycles. The lowest BCUT2D eigenvalue weighted by Gasteiger charge is -2.17. The summed E-state index contributed by atoms with van der Waals surface area (Å²) in [4.78, 5) is 10.3. The molecule has 3 heterocycles. The van der Waals surface area contributed by atoms with E-state index in [0.29, 0.717) is 17.9 Å². The predicted molar refractivity (Wildman–Crippen MR) is 239 cm³/mol. The molecule has 7 heteroatoms. The Labute approximate surface area is 349 Å². The largest absolute Gasteiger partial charge is 0.460 e. The van der Waals surface area contributed by atoms with E-state index in [0.717, 1.165) is 112 Å². The van der Waals surface area contributed by atoms with Crippen LogP contribution in [0.4, 0.5) is 13.2 Å². The van der Waals surface area contributed by atoms with Crippen molar-refractivity contribution < 1.29 is 17.6 Å². The van der Waals surface area contributed by atoms with E-state index >= 15 is 0 Å². The van der Waals surface area contributed by atoms with E-state index < -0.39 is 11.7 Å². The zero-order valence-electron chi connectivity index (χ0n) is 32.6. The maximum Gasteiger partial charge on any atom is 0.416 e. The van der Waals surface area contributed by atoms with Crippen molar-refractivity contribution in [3.63, 3.8) is 0 Å². The molecule has 0 atom stereocenters. The van der Waals surface area contributed by atoms with Crippen LogP contribution >= 0.6 is 0 Å². The van der Waals surface area contributed by atoms with Gasteiger partial charge in [-0.15, -0.1) is 0 Å². The summed E-state index contributed by atoms with van der Waals surface area (Å²) in [5.74, 6) is 1.45. The van der Waals surface area contributed by atoms with E-state index in [2.05, 4.69) is 97.6 Å². The fourth-order valence-corrected chi connectivity index (χ4v) is 8.63. The molecular weight excluding hydrogens is 764 g/mol. The number of hydrogen-bond acceptors (Lipinski definition) is 3. The lowest BCUT2D eigenvalue weighted by atomic mass is 9.88. The average Bonchev–Trinajstić information content (AvgIpc) is 3.83. The second kappa shape index (κ2) is 14.2. The van der Waals surface area contributed by atoms with E-state index in [-0.39, 0.29) is 0 Å². The van der Waals surface area contributed by atoms with E-state index in [1.165, 1.54) is 12.1 Å². The van der Waals surface area contributed by atoms with Gasteiger partial charge in [0.25, 0.3) is 0 Å². The average molecular weight is 798 g/mol. The molecule has 10 aromatic rings. The number of fused-ring (bicyclic) bond motifs is 6. The summed E-state index contributed by atoms with van der Waals surface area (Å²) in [6.45, 7) is 4.38. The highest BCUT2D eigenvalue weighted by Crippen LogP contribution is 2.43. The van der Waals surface area contributed by atoms with Crippen LogP contribution in [0.5, 0.6) is 0 Å². The third kappa shape index (κ3) is 6.42. The van der Waals surface area contributed by atoms with E-state index in [1.54, 1.807) is 0 Å². The van der Waals surface area contributed by atoms with Crippen molar-refractivity contribution in [1.82, 2.24) is 14.5 Å². The molecule has 0 fully saturated rings. The minimum Gasteiger partial charge on any atom is -0.460 e. The van der Waals surface area contributed by atoms with Gasteiger partial charge in [0.05, 0.1) is 28.0 Å². The Morgan fingerprint density at radius 2 is 1.11 bits per heavy atom. The number of rotatable bonds is 6. The van der Waals surface area contributed by atoms with Crippen molar-refractivity contribution in [2.45, 2.75) is 12.6 Å². The van der Waals surface area contributed by atoms with Gasteiger partial charge in [0, 0.05) is 50.5 Å². The lowest BCUT2D eigenvalue weighted by Crippen LogP contribution is -2.05. The Bertz CT molecular complexity index is 3360. The number of aromatic nitrogens is 3. The van der Waals surface area contributed by atoms with Crippen molar-refractivity contribution in [2.75, 3.05) is 0 Å². The smallest absolute Gasteiger partial charge is 0.416 e. The van der Waals surface area contributed by atoms with Gasteiger partial charge < -0.3 is 8.98 Å². The number of nitrogens with zero attached hydrogens (tertiary/aromatic N) is 3. The zero-order valence-corrected chi connectivity index (χ0v) is 32.6. The number of allylic oxidation sites excluding steroid dienone is 2. The Balaban J connectivity index is 1.03. The Morgan fingerprint density at radius 3 is 1.85 bits per heavy atom. The molecule has 3 aromatic heterocycles. The first-order chi connectivity index (χ1) is 29.7. The zero-order chi connectivity index (χ0) is 41.2. The van der Waals surface area contributed by atoms with Crippen LogP contribution in [0.1, 0.15) is 22.6 Å². The molecule has 0 bridgehead atoms. The van der Waals surface area contributed by atoms with Crippen LogP contribution in [0.3, 0.4) is 0 Å². The van der Waals surface area contributed by atoms with Gasteiger partial charge >= 0.3 is 6.18 Å². The Hall–Kier alpha value is -7.77. The molecule has 0 saturated carbocycles. The highest BCUT2D eigenvalue weighted by atomic mass is 19.4. The molecule has 11 rings (SSSR count). The van der Waals surface area contributed by atoms with Crippen molar-refractivity contribution in [3.05, 3.63) is 217 Å². The molecule has 1 aliphatic rings. The molecule has 61 heavy (non-hydrogen) atoms. The highest BCUT2D eigenvalue weighted by molar-refractivity contribution is 6.11. The maximum atomic E-state index is 13.5. The second-order valence-electron chi connectivity index (χ2n) is 15.4. The number of para-hydroxylation sites is 1. The molecule has 4 nitrogen and oxygen atoms in total. The van der Waals surface area contributed by atoms with Gasteiger partial charge in [-0.05, 0) is 94.6 Å². The van der Waals surface area contributed by atoms with Gasteiger partial charge in [-0.25, -0.2) is 9.97 Å². The van der Waals surface area contributed by atoms with Crippen molar-refractivity contribution in [3.8, 4) is 50.6 Å². The maximum absolute atomic E-state index is 13.5. The summed E-state index contributed by atoms with van der Waals surface area (Å²) in [6.07, 6.45) is -1.72. The monoisotopic (exact) mass is 797 g/mol. The van der Waals surface area contributed by atoms with Gasteiger partial charge in [0.1, 0.15) is 11.3 Å². The molecule has 0 amide bonds. The summed E-state index contributed by atoms with van der Waals surface area (Å²) in [6, 6.07) is 56.7. The number of alkyl halides is 3. The molecular formula is C54H34F3N3O. The fourth-order valence-electron chi connectivity index (χ4n) is 8.63. The standard InChI is InChI=1S/C54H34F3N3O/c1-33-28-44(47-32-46(36-12-6-3-7-13-36)58-53(59-47)37-18-16-35(17-19-37)34-10-4-2-5-11-34)52-45-31-39(21-27-50(45)61-51(52)29-33)38-20-26-49-43(30-38)42-14-8-9-15-48(42)60(49)41-24-22-40(23-25-41)54(55,56)57/h2-28,30-32H,1,29H2. The molecule has 292 valence electrons. The summed E-state index contributed by atoms with van der Waals surface area (Å²) < 4.78 is 49.0. The van der Waals surface area contributed by atoms with Crippen LogP contribution < -0.4 is 0 Å². The summed E-state index contributed by atoms with van der Waals surface area (Å²) in [5.41, 5.74) is 13.1. The topological polar surface area (TPSA) is 43.9 Å². The third-order valence-electron chi connectivity index (χ3n) is 11.5. The minimum atomic E-state index is -4.41. The van der Waals surface area contributed by atoms with Crippen molar-refractivity contribution >= 4 is 38.3 Å². The highest BCUT2D eigenvalue weighted by Gasteiger charge is 2.30. The minimum absolute atomic E-state index is 0.572. The molecule has 0 unspecified atom stereocenters. The number of halogens is 3. The quantitative estimate of drug-likeness (QED) is 0.168. The molecule has 0 radical (unpaired) electrons. The second-order valence-corrected chi connectivity index (χ2v) is 15.4. The van der Waals surface area contributed by atoms with Crippen LogP contribution in [-0.4, -0.2) is 14.5 Å². The van der Waals surface area contributed by atoms with Crippen LogP contribution in [0.2, 0.25) is 0 Å². The van der Waals surface area contributed by atoms with Crippen molar-refractivity contribution in [1.29, 1.82) is 0 Å². The van der Waals surface area contributed by atoms with Gasteiger partial charge in [-0.3, -0.25) is 0 Å².